The largest absolute Gasteiger partial charge is 2.00 e. The van der Waals surface area contributed by atoms with Crippen molar-refractivity contribution in [2.45, 2.75) is 84.0 Å². The normalized spacial score (nSPS) is 24.2. The molecule has 0 radical (unpaired) electrons. The van der Waals surface area contributed by atoms with Crippen molar-refractivity contribution in [3.63, 3.8) is 0 Å². The molecule has 1 fully saturated rings. The van der Waals surface area contributed by atoms with Crippen LogP contribution in [0.15, 0.2) is 59.7 Å². The number of hydrogen-bond donors (Lipinski definition) is 0. The molecule has 2 aromatic rings. The summed E-state index contributed by atoms with van der Waals surface area (Å²) in [7, 11) is 0. The van der Waals surface area contributed by atoms with Crippen LogP contribution >= 0.6 is 0 Å². The number of hydrogen-bond acceptors (Lipinski definition) is 0. The van der Waals surface area contributed by atoms with Gasteiger partial charge in [-0.05, 0) is 86.8 Å². The fourth-order valence-electron chi connectivity index (χ4n) is 7.35. The molecule has 0 aliphatic heterocycles. The molecule has 1 saturated carbocycles. The predicted octanol–water partition coefficient (Wildman–Crippen LogP) is 2.70. The topological polar surface area (TPSA) is 0 Å². The molecular weight excluding hydrogens is 546 g/mol. The SMILES string of the molecule is CC(C)(C)c1ccc2c(c1)-c1cc(C(C)(C)C)ccc1C2C1C2=C(CC=C2)C2CCCC21.[Cl-].[Cl-].[Zr+2]. The number of allylic oxidation sites excluding steroid dienone is 4. The van der Waals surface area contributed by atoms with Crippen LogP contribution in [0.3, 0.4) is 0 Å². The second kappa shape index (κ2) is 9.93. The summed E-state index contributed by atoms with van der Waals surface area (Å²) in [4.78, 5) is 0. The summed E-state index contributed by atoms with van der Waals surface area (Å²) in [5.74, 6) is 2.87. The van der Waals surface area contributed by atoms with Crippen molar-refractivity contribution in [3.8, 4) is 11.1 Å². The van der Waals surface area contributed by atoms with Crippen molar-refractivity contribution in [1.29, 1.82) is 0 Å². The minimum Gasteiger partial charge on any atom is -1.00 e. The third-order valence-corrected chi connectivity index (χ3v) is 9.00. The van der Waals surface area contributed by atoms with Gasteiger partial charge in [0.15, 0.2) is 0 Å². The third-order valence-electron chi connectivity index (χ3n) is 9.00. The van der Waals surface area contributed by atoms with Crippen molar-refractivity contribution in [2.75, 3.05) is 0 Å². The van der Waals surface area contributed by atoms with Crippen LogP contribution < -0.4 is 24.8 Å². The van der Waals surface area contributed by atoms with Gasteiger partial charge < -0.3 is 24.8 Å². The Labute approximate surface area is 244 Å². The fourth-order valence-corrected chi connectivity index (χ4v) is 7.35. The zero-order valence-electron chi connectivity index (χ0n) is 22.0. The first-order chi connectivity index (χ1) is 15.1. The molecule has 3 heteroatoms. The summed E-state index contributed by atoms with van der Waals surface area (Å²) < 4.78 is 0. The standard InChI is InChI=1S/C32H38.2ClH.Zr/c1-31(2,3)19-13-15-25-27(17-19)28-18-20(32(4,5)6)14-16-26(28)30(25)29-23-11-7-9-21(23)22-10-8-12-24(22)29;;;/h7,11,13-18,22,24,29-30H,8-10,12H2,1-6H3;2*1H;/q;;;+2/p-2. The van der Waals surface area contributed by atoms with Gasteiger partial charge in [0.2, 0.25) is 0 Å². The number of rotatable bonds is 1. The monoisotopic (exact) mass is 582 g/mol. The molecule has 0 nitrogen and oxygen atoms in total. The average Bonchev–Trinajstić information content (AvgIpc) is 3.47. The second-order valence-corrected chi connectivity index (χ2v) is 12.9. The van der Waals surface area contributed by atoms with Crippen LogP contribution in [0, 0.1) is 17.8 Å². The van der Waals surface area contributed by atoms with Crippen LogP contribution in [0.25, 0.3) is 11.1 Å². The number of benzene rings is 2. The van der Waals surface area contributed by atoms with E-state index in [0.717, 1.165) is 11.8 Å². The van der Waals surface area contributed by atoms with Crippen LogP contribution in [-0.2, 0) is 37.0 Å². The van der Waals surface area contributed by atoms with E-state index in [2.05, 4.69) is 90.1 Å². The van der Waals surface area contributed by atoms with Gasteiger partial charge in [-0.3, -0.25) is 0 Å². The molecule has 3 unspecified atom stereocenters. The van der Waals surface area contributed by atoms with E-state index in [9.17, 15) is 0 Å². The van der Waals surface area contributed by atoms with Gasteiger partial charge >= 0.3 is 26.2 Å². The van der Waals surface area contributed by atoms with Crippen LogP contribution in [0.1, 0.15) is 95.4 Å². The van der Waals surface area contributed by atoms with Gasteiger partial charge in [0, 0.05) is 5.92 Å². The summed E-state index contributed by atoms with van der Waals surface area (Å²) in [5, 5.41) is 0. The smallest absolute Gasteiger partial charge is 1.00 e. The van der Waals surface area contributed by atoms with E-state index in [1.807, 2.05) is 0 Å². The second-order valence-electron chi connectivity index (χ2n) is 12.9. The molecule has 6 rings (SSSR count). The van der Waals surface area contributed by atoms with Crippen molar-refractivity contribution < 1.29 is 51.0 Å². The van der Waals surface area contributed by atoms with Crippen LogP contribution in [0.4, 0.5) is 0 Å². The van der Waals surface area contributed by atoms with Gasteiger partial charge in [-0.25, -0.2) is 0 Å². The first-order valence-electron chi connectivity index (χ1n) is 12.8. The Morgan fingerprint density at radius 2 is 1.29 bits per heavy atom. The van der Waals surface area contributed by atoms with E-state index >= 15 is 0 Å². The van der Waals surface area contributed by atoms with Gasteiger partial charge in [0.1, 0.15) is 0 Å². The van der Waals surface area contributed by atoms with Crippen molar-refractivity contribution in [3.05, 3.63) is 82.0 Å². The molecular formula is C32H38Cl2Zr. The molecule has 4 aliphatic carbocycles. The molecule has 0 saturated heterocycles. The minimum atomic E-state index is 0. The van der Waals surface area contributed by atoms with Gasteiger partial charge in [0.25, 0.3) is 0 Å². The quantitative estimate of drug-likeness (QED) is 0.484. The Bertz CT molecular complexity index is 1110. The van der Waals surface area contributed by atoms with Gasteiger partial charge in [-0.2, -0.15) is 0 Å². The van der Waals surface area contributed by atoms with Gasteiger partial charge in [0.05, 0.1) is 0 Å². The van der Waals surface area contributed by atoms with E-state index in [1.165, 1.54) is 47.9 Å². The van der Waals surface area contributed by atoms with Crippen molar-refractivity contribution >= 4 is 0 Å². The van der Waals surface area contributed by atoms with E-state index in [-0.39, 0.29) is 61.8 Å². The summed E-state index contributed by atoms with van der Waals surface area (Å²) >= 11 is 0. The minimum absolute atomic E-state index is 0. The van der Waals surface area contributed by atoms with Crippen LogP contribution in [0.2, 0.25) is 0 Å². The average molecular weight is 585 g/mol. The van der Waals surface area contributed by atoms with Gasteiger partial charge in [-0.15, -0.1) is 0 Å². The molecule has 35 heavy (non-hydrogen) atoms. The first kappa shape index (κ1) is 28.9. The molecule has 0 N–H and O–H groups in total. The maximum Gasteiger partial charge on any atom is 2.00 e. The summed E-state index contributed by atoms with van der Waals surface area (Å²) in [6.07, 6.45) is 10.4. The molecule has 3 atom stereocenters. The van der Waals surface area contributed by atoms with Crippen molar-refractivity contribution in [1.82, 2.24) is 0 Å². The zero-order chi connectivity index (χ0) is 22.4. The first-order valence-corrected chi connectivity index (χ1v) is 12.8. The molecule has 0 amide bonds. The van der Waals surface area contributed by atoms with Crippen LogP contribution in [0.5, 0.6) is 0 Å². The maximum atomic E-state index is 2.53. The Balaban J connectivity index is 0.00000114. The molecule has 4 aliphatic rings. The van der Waals surface area contributed by atoms with Gasteiger partial charge in [-0.1, -0.05) is 102 Å². The van der Waals surface area contributed by atoms with E-state index in [0.29, 0.717) is 11.8 Å². The Hall–Kier alpha value is -0.617. The Kier molecular flexibility index (Phi) is 8.21. The van der Waals surface area contributed by atoms with Crippen molar-refractivity contribution in [2.24, 2.45) is 17.8 Å². The molecule has 184 valence electrons. The Morgan fingerprint density at radius 1 is 0.743 bits per heavy atom. The zero-order valence-corrected chi connectivity index (χ0v) is 26.0. The number of fused-ring (bicyclic) bond motifs is 5. The molecule has 0 aromatic heterocycles. The summed E-state index contributed by atoms with van der Waals surface area (Å²) in [5.41, 5.74) is 12.9. The summed E-state index contributed by atoms with van der Waals surface area (Å²) in [6.45, 7) is 14.0. The van der Waals surface area contributed by atoms with E-state index < -0.39 is 0 Å². The molecule has 0 spiro atoms. The fraction of sp³-hybridized carbons (Fsp3) is 0.500. The molecule has 2 aromatic carbocycles. The molecule has 0 heterocycles. The predicted molar refractivity (Wildman–Crippen MR) is 136 cm³/mol. The third kappa shape index (κ3) is 4.51. The van der Waals surface area contributed by atoms with Crippen LogP contribution in [-0.4, -0.2) is 0 Å². The molecule has 0 bridgehead atoms. The summed E-state index contributed by atoms with van der Waals surface area (Å²) in [6, 6.07) is 14.9. The van der Waals surface area contributed by atoms with E-state index in [1.54, 1.807) is 22.3 Å². The van der Waals surface area contributed by atoms with E-state index in [4.69, 9.17) is 0 Å². The number of halogens is 2. The maximum absolute atomic E-state index is 2.53. The Morgan fingerprint density at radius 3 is 1.80 bits per heavy atom.